The van der Waals surface area contributed by atoms with Crippen LogP contribution >= 0.6 is 0 Å². The molecule has 0 amide bonds. The third-order valence-corrected chi connectivity index (χ3v) is 3.13. The van der Waals surface area contributed by atoms with E-state index in [1.54, 1.807) is 0 Å². The van der Waals surface area contributed by atoms with Gasteiger partial charge in [0.05, 0.1) is 0 Å². The normalized spacial score (nSPS) is 10.3. The van der Waals surface area contributed by atoms with Crippen LogP contribution in [0.25, 0.3) is 5.57 Å². The van der Waals surface area contributed by atoms with Gasteiger partial charge in [-0.25, -0.2) is 0 Å². The van der Waals surface area contributed by atoms with E-state index < -0.39 is 0 Å². The number of aryl methyl sites for hydroxylation is 3. The Hall–Kier alpha value is -1.04. The van der Waals surface area contributed by atoms with E-state index in [1.165, 1.54) is 33.4 Å². The smallest absolute Gasteiger partial charge is 0.0169 e. The molecule has 0 aliphatic rings. The molecule has 0 heterocycles. The summed E-state index contributed by atoms with van der Waals surface area (Å²) < 4.78 is 0. The minimum atomic E-state index is 1.12. The molecule has 0 fully saturated rings. The van der Waals surface area contributed by atoms with E-state index in [-0.39, 0.29) is 0 Å². The molecule has 1 aromatic rings. The van der Waals surface area contributed by atoms with Gasteiger partial charge in [0.2, 0.25) is 0 Å². The molecule has 0 atom stereocenters. The maximum Gasteiger partial charge on any atom is -0.0169 e. The van der Waals surface area contributed by atoms with Crippen LogP contribution in [0.3, 0.4) is 0 Å². The molecule has 1 aromatic carbocycles. The molecule has 0 N–H and O–H groups in total. The van der Waals surface area contributed by atoms with Crippen LogP contribution < -0.4 is 0 Å². The Balaban J connectivity index is 3.39. The van der Waals surface area contributed by atoms with Crippen LogP contribution in [0.15, 0.2) is 17.7 Å². The molecule has 0 radical (unpaired) electrons. The first-order chi connectivity index (χ1) is 6.97. The molecule has 0 bridgehead atoms. The fourth-order valence-electron chi connectivity index (χ4n) is 2.10. The van der Waals surface area contributed by atoms with Crippen molar-refractivity contribution in [3.8, 4) is 0 Å². The Morgan fingerprint density at radius 1 is 1.00 bits per heavy atom. The third-order valence-electron chi connectivity index (χ3n) is 3.13. The molecule has 15 heavy (non-hydrogen) atoms. The highest BCUT2D eigenvalue weighted by Crippen LogP contribution is 2.26. The first-order valence-electron chi connectivity index (χ1n) is 5.72. The van der Waals surface area contributed by atoms with Gasteiger partial charge in [0, 0.05) is 0 Å². The zero-order valence-corrected chi connectivity index (χ0v) is 10.9. The van der Waals surface area contributed by atoms with Crippen LogP contribution in [0.1, 0.15) is 49.9 Å². The summed E-state index contributed by atoms with van der Waals surface area (Å²) in [6.45, 7) is 13.2. The Kier molecular flexibility index (Phi) is 3.73. The Bertz CT molecular complexity index is 367. The summed E-state index contributed by atoms with van der Waals surface area (Å²) in [5.74, 6) is 0. The SMILES string of the molecule is CCc1cc(C)c(C(C)=C(C)C)c(C)c1. The van der Waals surface area contributed by atoms with Gasteiger partial charge in [0.15, 0.2) is 0 Å². The van der Waals surface area contributed by atoms with Crippen molar-refractivity contribution in [2.45, 2.75) is 48.0 Å². The van der Waals surface area contributed by atoms with Gasteiger partial charge in [-0.3, -0.25) is 0 Å². The summed E-state index contributed by atoms with van der Waals surface area (Å²) in [4.78, 5) is 0. The van der Waals surface area contributed by atoms with Gasteiger partial charge in [0.1, 0.15) is 0 Å². The molecule has 0 nitrogen and oxygen atoms in total. The monoisotopic (exact) mass is 202 g/mol. The highest BCUT2D eigenvalue weighted by molar-refractivity contribution is 5.71. The van der Waals surface area contributed by atoms with Gasteiger partial charge in [-0.2, -0.15) is 0 Å². The predicted octanol–water partition coefficient (Wildman–Crippen LogP) is 4.68. The minimum Gasteiger partial charge on any atom is -0.0729 e. The van der Waals surface area contributed by atoms with E-state index in [0.29, 0.717) is 0 Å². The summed E-state index contributed by atoms with van der Waals surface area (Å²) in [5, 5.41) is 0. The van der Waals surface area contributed by atoms with Crippen molar-refractivity contribution in [3.05, 3.63) is 40.0 Å². The lowest BCUT2D eigenvalue weighted by molar-refractivity contribution is 1.11. The first kappa shape index (κ1) is 12.0. The molecule has 0 saturated heterocycles. The number of rotatable bonds is 2. The second-order valence-corrected chi connectivity index (χ2v) is 4.58. The molecule has 0 aliphatic carbocycles. The maximum absolute atomic E-state index is 2.31. The lowest BCUT2D eigenvalue weighted by Crippen LogP contribution is -1.95. The van der Waals surface area contributed by atoms with Gasteiger partial charge in [-0.15, -0.1) is 0 Å². The van der Waals surface area contributed by atoms with Gasteiger partial charge in [-0.05, 0) is 68.9 Å². The van der Waals surface area contributed by atoms with Crippen molar-refractivity contribution in [1.82, 2.24) is 0 Å². The van der Waals surface area contributed by atoms with Crippen LogP contribution in [0, 0.1) is 13.8 Å². The molecule has 0 aliphatic heterocycles. The highest BCUT2D eigenvalue weighted by atomic mass is 14.1. The zero-order chi connectivity index (χ0) is 11.6. The van der Waals surface area contributed by atoms with E-state index in [9.17, 15) is 0 Å². The second-order valence-electron chi connectivity index (χ2n) is 4.58. The zero-order valence-electron chi connectivity index (χ0n) is 10.9. The second kappa shape index (κ2) is 4.65. The Morgan fingerprint density at radius 3 is 1.80 bits per heavy atom. The van der Waals surface area contributed by atoms with Crippen LogP contribution in [0.4, 0.5) is 0 Å². The minimum absolute atomic E-state index is 1.12. The highest BCUT2D eigenvalue weighted by Gasteiger charge is 2.07. The Morgan fingerprint density at radius 2 is 1.47 bits per heavy atom. The van der Waals surface area contributed by atoms with E-state index in [4.69, 9.17) is 0 Å². The molecule has 0 aromatic heterocycles. The topological polar surface area (TPSA) is 0 Å². The molecule has 1 rings (SSSR count). The van der Waals surface area contributed by atoms with Gasteiger partial charge in [0.25, 0.3) is 0 Å². The van der Waals surface area contributed by atoms with Gasteiger partial charge < -0.3 is 0 Å². The molecular weight excluding hydrogens is 180 g/mol. The van der Waals surface area contributed by atoms with Crippen molar-refractivity contribution in [3.63, 3.8) is 0 Å². The van der Waals surface area contributed by atoms with E-state index in [1.807, 2.05) is 0 Å². The molecule has 0 unspecified atom stereocenters. The average molecular weight is 202 g/mol. The summed E-state index contributed by atoms with van der Waals surface area (Å²) in [6.07, 6.45) is 1.12. The summed E-state index contributed by atoms with van der Waals surface area (Å²) >= 11 is 0. The van der Waals surface area contributed by atoms with E-state index >= 15 is 0 Å². The summed E-state index contributed by atoms with van der Waals surface area (Å²) in [5.41, 5.74) is 8.52. The number of benzene rings is 1. The summed E-state index contributed by atoms with van der Waals surface area (Å²) in [7, 11) is 0. The van der Waals surface area contributed by atoms with Crippen LogP contribution in [-0.2, 0) is 6.42 Å². The van der Waals surface area contributed by atoms with Crippen LogP contribution in [-0.4, -0.2) is 0 Å². The lowest BCUT2D eigenvalue weighted by Gasteiger charge is -2.14. The third kappa shape index (κ3) is 2.50. The quantitative estimate of drug-likeness (QED) is 0.653. The molecule has 82 valence electrons. The largest absolute Gasteiger partial charge is 0.0729 e. The molecule has 0 spiro atoms. The number of hydrogen-bond donors (Lipinski definition) is 0. The fourth-order valence-corrected chi connectivity index (χ4v) is 2.10. The van der Waals surface area contributed by atoms with Crippen LogP contribution in [0.2, 0.25) is 0 Å². The van der Waals surface area contributed by atoms with E-state index in [0.717, 1.165) is 6.42 Å². The average Bonchev–Trinajstić information content (AvgIpc) is 2.16. The lowest BCUT2D eigenvalue weighted by atomic mass is 9.91. The molecular formula is C15H22. The predicted molar refractivity (Wildman–Crippen MR) is 69.2 cm³/mol. The number of hydrogen-bond acceptors (Lipinski definition) is 0. The number of allylic oxidation sites excluding steroid dienone is 2. The van der Waals surface area contributed by atoms with Gasteiger partial charge >= 0.3 is 0 Å². The van der Waals surface area contributed by atoms with Crippen molar-refractivity contribution in [2.24, 2.45) is 0 Å². The maximum atomic E-state index is 2.31. The van der Waals surface area contributed by atoms with Crippen molar-refractivity contribution < 1.29 is 0 Å². The first-order valence-corrected chi connectivity index (χ1v) is 5.72. The standard InChI is InChI=1S/C15H22/c1-7-14-8-11(4)15(12(5)9-14)13(6)10(2)3/h8-9H,7H2,1-6H3. The van der Waals surface area contributed by atoms with Crippen molar-refractivity contribution in [1.29, 1.82) is 0 Å². The fraction of sp³-hybridized carbons (Fsp3) is 0.467. The Labute approximate surface area is 94.0 Å². The van der Waals surface area contributed by atoms with Crippen LogP contribution in [0.5, 0.6) is 0 Å². The van der Waals surface area contributed by atoms with E-state index in [2.05, 4.69) is 53.7 Å². The van der Waals surface area contributed by atoms with Gasteiger partial charge in [-0.1, -0.05) is 24.6 Å². The molecule has 0 saturated carbocycles. The van der Waals surface area contributed by atoms with Crippen molar-refractivity contribution >= 4 is 5.57 Å². The van der Waals surface area contributed by atoms with Crippen molar-refractivity contribution in [2.75, 3.05) is 0 Å². The molecule has 0 heteroatoms. The summed E-state index contributed by atoms with van der Waals surface area (Å²) in [6, 6.07) is 4.63.